The molecule has 6 amide bonds. The smallest absolute Gasteiger partial charge is 0.480 e. The van der Waals surface area contributed by atoms with Crippen LogP contribution in [0.15, 0.2) is 46.6 Å². The van der Waals surface area contributed by atoms with Gasteiger partial charge in [0.2, 0.25) is 35.4 Å². The predicted molar refractivity (Wildman–Crippen MR) is 294 cm³/mol. The Morgan fingerprint density at radius 2 is 1.17 bits per heavy atom. The Labute approximate surface area is 473 Å². The van der Waals surface area contributed by atoms with Gasteiger partial charge >= 0.3 is 27.6 Å². The van der Waals surface area contributed by atoms with Crippen molar-refractivity contribution in [1.82, 2.24) is 31.9 Å². The lowest BCUT2D eigenvalue weighted by Gasteiger charge is -2.44. The number of nitrogens with one attached hydrogen (secondary N) is 6. The number of hydrogen-bond donors (Lipinski definition) is 13. The molecular formula is C51H87N7O21P2. The van der Waals surface area contributed by atoms with Crippen LogP contribution in [0.2, 0.25) is 0 Å². The van der Waals surface area contributed by atoms with Crippen molar-refractivity contribution in [2.24, 2.45) is 5.73 Å². The highest BCUT2D eigenvalue weighted by atomic mass is 31.3. The number of carbonyl (C=O) groups is 8. The Hall–Kier alpha value is -5.22. The standard InChI is InChI=1S/C51H87N7O21P2/c1-29(2)16-13-17-30(3)18-14-19-31(4)20-15-21-32(5)25-27-75-80(71,72)79-81(73,74)78-51-42(56-37(10)60)44(43(62)40(28-59)77-51)76-36(9)47(65)53-34(7)46(64)58-39(50(69)70)23-24-41(61)57-38(22-11-12-26-52)48(66)54-33(6)45(63)55-35(8)49(67)68/h16,18,20,25,33-36,38-40,42-44,51,59,62H,11-15,17,19,21-24,26-28,52H2,1-10H3,(H,53,65)(H,54,66)(H,55,63)(H,56,60)(H,57,61)(H,58,64)(H,67,68)(H,69,70)(H,71,72)(H,73,74)/b30-18-,31-20-,32-25-/t33-,34+,35-,36-,38+,39-,40-,42-,43-,44-,51-/m1/s1. The van der Waals surface area contributed by atoms with Gasteiger partial charge in [0.25, 0.3) is 0 Å². The van der Waals surface area contributed by atoms with Crippen LogP contribution in [0.5, 0.6) is 0 Å². The molecule has 0 saturated carbocycles. The average Bonchev–Trinajstić information content (AvgIpc) is 3.35. The Morgan fingerprint density at radius 1 is 0.642 bits per heavy atom. The Bertz CT molecular complexity index is 2350. The summed E-state index contributed by atoms with van der Waals surface area (Å²) in [7, 11) is -11.1. The van der Waals surface area contributed by atoms with Gasteiger partial charge < -0.3 is 77.3 Å². The molecule has 0 spiro atoms. The summed E-state index contributed by atoms with van der Waals surface area (Å²) in [4.78, 5) is 122. The van der Waals surface area contributed by atoms with Crippen LogP contribution in [0.3, 0.4) is 0 Å². The predicted octanol–water partition coefficient (Wildman–Crippen LogP) is 2.30. The van der Waals surface area contributed by atoms with Crippen molar-refractivity contribution in [3.05, 3.63) is 46.6 Å². The third kappa shape index (κ3) is 30.1. The maximum Gasteiger partial charge on any atom is 0.483 e. The molecule has 0 aromatic carbocycles. The molecule has 1 heterocycles. The lowest BCUT2D eigenvalue weighted by atomic mass is 9.96. The van der Waals surface area contributed by atoms with Crippen LogP contribution in [0.1, 0.15) is 140 Å². The molecule has 30 heteroatoms. The van der Waals surface area contributed by atoms with E-state index < -0.39 is 156 Å². The summed E-state index contributed by atoms with van der Waals surface area (Å²) < 4.78 is 51.7. The summed E-state index contributed by atoms with van der Waals surface area (Å²) in [6, 6.07) is -8.73. The number of ether oxygens (including phenoxy) is 2. The molecule has 462 valence electrons. The lowest BCUT2D eigenvalue weighted by molar-refractivity contribution is -0.261. The van der Waals surface area contributed by atoms with Crippen molar-refractivity contribution in [3.8, 4) is 0 Å². The van der Waals surface area contributed by atoms with Gasteiger partial charge in [-0.25, -0.2) is 13.9 Å². The molecule has 1 aliphatic heterocycles. The number of carboxylic acids is 2. The Kier molecular flexibility index (Phi) is 33.8. The molecule has 13 atom stereocenters. The van der Waals surface area contributed by atoms with Crippen molar-refractivity contribution in [2.75, 3.05) is 19.8 Å². The van der Waals surface area contributed by atoms with Gasteiger partial charge in [0.15, 0.2) is 6.29 Å². The van der Waals surface area contributed by atoms with Crippen LogP contribution in [-0.2, 0) is 70.3 Å². The van der Waals surface area contributed by atoms with Gasteiger partial charge in [-0.15, -0.1) is 0 Å². The van der Waals surface area contributed by atoms with Gasteiger partial charge in [-0.05, 0) is 133 Å². The highest BCUT2D eigenvalue weighted by molar-refractivity contribution is 7.61. The van der Waals surface area contributed by atoms with Gasteiger partial charge in [0, 0.05) is 13.3 Å². The number of aliphatic hydroxyl groups excluding tert-OH is 2. The number of aliphatic hydroxyl groups is 2. The fourth-order valence-electron chi connectivity index (χ4n) is 7.60. The van der Waals surface area contributed by atoms with Crippen LogP contribution in [0.25, 0.3) is 0 Å². The molecule has 2 unspecified atom stereocenters. The quantitative estimate of drug-likeness (QED) is 0.0240. The molecule has 1 fully saturated rings. The van der Waals surface area contributed by atoms with Crippen LogP contribution in [0.4, 0.5) is 0 Å². The highest BCUT2D eigenvalue weighted by Gasteiger charge is 2.51. The van der Waals surface area contributed by atoms with Gasteiger partial charge in [-0.3, -0.25) is 42.6 Å². The van der Waals surface area contributed by atoms with Gasteiger partial charge in [-0.1, -0.05) is 46.6 Å². The van der Waals surface area contributed by atoms with Crippen molar-refractivity contribution >= 4 is 63.0 Å². The number of carbonyl (C=O) groups excluding carboxylic acids is 6. The zero-order valence-corrected chi connectivity index (χ0v) is 49.6. The summed E-state index contributed by atoms with van der Waals surface area (Å²) in [5.74, 6) is -8.33. The summed E-state index contributed by atoms with van der Waals surface area (Å²) in [5, 5.41) is 54.0. The minimum Gasteiger partial charge on any atom is -0.480 e. The number of amides is 6. The molecule has 28 nitrogen and oxygen atoms in total. The molecule has 1 aliphatic rings. The number of unbranched alkanes of at least 4 members (excludes halogenated alkanes) is 1. The Morgan fingerprint density at radius 3 is 1.69 bits per heavy atom. The first-order valence-corrected chi connectivity index (χ1v) is 29.5. The number of phosphoric acid groups is 2. The molecule has 1 saturated heterocycles. The molecule has 0 aliphatic carbocycles. The SMILES string of the molecule is CC(=O)N[C@H]1[C@@H](OP(=O)(O)OP(=O)(O)OC/C=C(/C)CC/C=C(/C)CC/C=C(/C)CCC=C(C)C)O[C@H](CO)[C@@H](O)[C@@H]1O[C@H](C)C(=O)N[C@@H](C)C(=O)N[C@H](CCC(=O)N[C@@H](CCCCN)C(=O)N[C@H](C)C(=O)N[C@H](C)C(=O)O)C(=O)O. The normalized spacial score (nSPS) is 21.5. The van der Waals surface area contributed by atoms with Crippen molar-refractivity contribution in [2.45, 2.75) is 207 Å². The number of rotatable bonds is 38. The third-order valence-electron chi connectivity index (χ3n) is 12.3. The molecule has 0 radical (unpaired) electrons. The van der Waals surface area contributed by atoms with E-state index in [1.54, 1.807) is 6.92 Å². The summed E-state index contributed by atoms with van der Waals surface area (Å²) in [6.45, 7) is 14.6. The monoisotopic (exact) mass is 1200 g/mol. The van der Waals surface area contributed by atoms with Gasteiger partial charge in [-0.2, -0.15) is 4.31 Å². The van der Waals surface area contributed by atoms with E-state index >= 15 is 0 Å². The molecule has 0 aromatic rings. The fraction of sp³-hybridized carbons (Fsp3) is 0.686. The molecule has 0 aromatic heterocycles. The van der Waals surface area contributed by atoms with Crippen molar-refractivity contribution in [3.63, 3.8) is 0 Å². The van der Waals surface area contributed by atoms with E-state index in [2.05, 4.69) is 75.2 Å². The zero-order chi connectivity index (χ0) is 61.8. The minimum absolute atomic E-state index is 0.0591. The van der Waals surface area contributed by atoms with Crippen LogP contribution in [-0.4, -0.2) is 164 Å². The van der Waals surface area contributed by atoms with Crippen LogP contribution < -0.4 is 37.6 Å². The van der Waals surface area contributed by atoms with Crippen molar-refractivity contribution < 1.29 is 101 Å². The van der Waals surface area contributed by atoms with Gasteiger partial charge in [0.05, 0.1) is 13.2 Å². The van der Waals surface area contributed by atoms with Gasteiger partial charge in [0.1, 0.15) is 60.7 Å². The molecule has 1 rings (SSSR count). The molecular weight excluding hydrogens is 1110 g/mol. The Balaban J connectivity index is 3.00. The third-order valence-corrected chi connectivity index (χ3v) is 14.9. The van der Waals surface area contributed by atoms with E-state index in [1.807, 2.05) is 6.92 Å². The number of allylic oxidation sites excluding steroid dienone is 7. The average molecular weight is 1200 g/mol. The second-order valence-corrected chi connectivity index (χ2v) is 23.0. The fourth-order valence-corrected chi connectivity index (χ4v) is 9.70. The molecule has 0 bridgehead atoms. The lowest BCUT2D eigenvalue weighted by Crippen LogP contribution is -2.66. The topological polar surface area (TPSA) is 436 Å². The summed E-state index contributed by atoms with van der Waals surface area (Å²) >= 11 is 0. The van der Waals surface area contributed by atoms with E-state index in [-0.39, 0.29) is 13.0 Å². The number of nitrogens with two attached hydrogens (primary N) is 1. The maximum atomic E-state index is 13.4. The van der Waals surface area contributed by atoms with E-state index in [1.165, 1.54) is 36.6 Å². The van der Waals surface area contributed by atoms with E-state index in [0.717, 1.165) is 52.0 Å². The van der Waals surface area contributed by atoms with E-state index in [4.69, 9.17) is 29.4 Å². The number of hydrogen-bond acceptors (Lipinski definition) is 18. The minimum atomic E-state index is -5.71. The zero-order valence-electron chi connectivity index (χ0n) is 47.8. The first-order chi connectivity index (χ1) is 37.7. The van der Waals surface area contributed by atoms with Crippen LogP contribution in [0, 0.1) is 0 Å². The second kappa shape index (κ2) is 37.1. The van der Waals surface area contributed by atoms with E-state index in [0.29, 0.717) is 25.7 Å². The largest absolute Gasteiger partial charge is 0.483 e. The summed E-state index contributed by atoms with van der Waals surface area (Å²) in [6.07, 6.45) is 3.59. The molecule has 81 heavy (non-hydrogen) atoms. The maximum absolute atomic E-state index is 13.4. The summed E-state index contributed by atoms with van der Waals surface area (Å²) in [5.41, 5.74) is 10.2. The van der Waals surface area contributed by atoms with Crippen molar-refractivity contribution in [1.29, 1.82) is 0 Å². The number of aliphatic carboxylic acids is 2. The first-order valence-electron chi connectivity index (χ1n) is 26.6. The highest BCUT2D eigenvalue weighted by Crippen LogP contribution is 2.61. The second-order valence-electron chi connectivity index (χ2n) is 20.0. The first kappa shape index (κ1) is 73.8. The molecule has 14 N–H and O–H groups in total. The number of phosphoric ester groups is 2. The van der Waals surface area contributed by atoms with Crippen LogP contribution >= 0.6 is 15.6 Å². The van der Waals surface area contributed by atoms with E-state index in [9.17, 15) is 72.6 Å². The number of carboxylic acid groups (broad SMARTS) is 2.